The molecule has 1 fully saturated rings. The van der Waals surface area contributed by atoms with E-state index >= 15 is 0 Å². The number of aliphatic hydroxyl groups excluding tert-OH is 1. The van der Waals surface area contributed by atoms with E-state index in [0.717, 1.165) is 13.0 Å². The van der Waals surface area contributed by atoms with E-state index in [0.29, 0.717) is 24.7 Å². The number of hydrogen-bond acceptors (Lipinski definition) is 5. The first-order valence-electron chi connectivity index (χ1n) is 6.26. The lowest BCUT2D eigenvalue weighted by atomic mass is 10.2. The second-order valence-corrected chi connectivity index (χ2v) is 5.14. The van der Waals surface area contributed by atoms with Crippen LogP contribution in [0.1, 0.15) is 13.3 Å². The van der Waals surface area contributed by atoms with Crippen molar-refractivity contribution in [2.75, 3.05) is 40.8 Å². The van der Waals surface area contributed by atoms with E-state index in [-0.39, 0.29) is 12.1 Å². The molecule has 1 aliphatic rings. The second kappa shape index (κ2) is 6.87. The summed E-state index contributed by atoms with van der Waals surface area (Å²) in [6, 6.07) is 0.344. The molecular weight excluding hydrogens is 232 g/mol. The summed E-state index contributed by atoms with van der Waals surface area (Å²) in [5, 5.41) is 9.73. The molecule has 0 aromatic carbocycles. The molecule has 2 unspecified atom stereocenters. The van der Waals surface area contributed by atoms with Gasteiger partial charge in [-0.05, 0) is 27.4 Å². The van der Waals surface area contributed by atoms with Gasteiger partial charge in [-0.15, -0.1) is 0 Å². The summed E-state index contributed by atoms with van der Waals surface area (Å²) in [7, 11) is 5.44. The van der Waals surface area contributed by atoms with Crippen molar-refractivity contribution in [1.29, 1.82) is 0 Å². The number of methoxy groups -OCH3 is 1. The highest BCUT2D eigenvalue weighted by Gasteiger charge is 2.30. The largest absolute Gasteiger partial charge is 0.466 e. The van der Waals surface area contributed by atoms with Crippen molar-refractivity contribution < 1.29 is 14.6 Å². The van der Waals surface area contributed by atoms with Crippen molar-refractivity contribution in [1.82, 2.24) is 9.80 Å². The number of rotatable bonds is 5. The van der Waals surface area contributed by atoms with Gasteiger partial charge < -0.3 is 14.7 Å². The second-order valence-electron chi connectivity index (χ2n) is 5.14. The molecule has 0 aromatic rings. The topological polar surface area (TPSA) is 53.0 Å². The van der Waals surface area contributed by atoms with Crippen LogP contribution in [-0.4, -0.2) is 73.9 Å². The van der Waals surface area contributed by atoms with E-state index in [1.165, 1.54) is 7.11 Å². The quantitative estimate of drug-likeness (QED) is 0.558. The Labute approximate surface area is 109 Å². The summed E-state index contributed by atoms with van der Waals surface area (Å²) in [6.45, 7) is 4.02. The molecule has 5 nitrogen and oxygen atoms in total. The van der Waals surface area contributed by atoms with Crippen molar-refractivity contribution in [2.24, 2.45) is 0 Å². The summed E-state index contributed by atoms with van der Waals surface area (Å²) in [4.78, 5) is 15.6. The number of likely N-dealkylation sites (tertiary alicyclic amines) is 1. The number of esters is 1. The van der Waals surface area contributed by atoms with Gasteiger partial charge in [0.25, 0.3) is 0 Å². The number of nitrogens with zero attached hydrogens (tertiary/aromatic N) is 2. The van der Waals surface area contributed by atoms with E-state index in [4.69, 9.17) is 0 Å². The maximum atomic E-state index is 11.3. The first-order valence-corrected chi connectivity index (χ1v) is 6.26. The first kappa shape index (κ1) is 15.1. The van der Waals surface area contributed by atoms with Crippen LogP contribution in [0.5, 0.6) is 0 Å². The van der Waals surface area contributed by atoms with Crippen LogP contribution in [0.25, 0.3) is 0 Å². The highest BCUT2D eigenvalue weighted by atomic mass is 16.5. The summed E-state index contributed by atoms with van der Waals surface area (Å²) in [5.74, 6) is -0.293. The Morgan fingerprint density at radius 3 is 2.78 bits per heavy atom. The molecule has 0 saturated carbocycles. The van der Waals surface area contributed by atoms with Gasteiger partial charge in [0.1, 0.15) is 0 Å². The summed E-state index contributed by atoms with van der Waals surface area (Å²) < 4.78 is 4.66. The normalized spacial score (nSPS) is 25.8. The first-order chi connectivity index (χ1) is 8.43. The number of likely N-dealkylation sites (N-methyl/N-ethyl adjacent to an activating group) is 1. The molecule has 2 atom stereocenters. The Morgan fingerprint density at radius 2 is 2.22 bits per heavy atom. The fourth-order valence-corrected chi connectivity index (χ4v) is 2.29. The maximum absolute atomic E-state index is 11.3. The van der Waals surface area contributed by atoms with Crippen molar-refractivity contribution in [3.8, 4) is 0 Å². The van der Waals surface area contributed by atoms with Gasteiger partial charge in [-0.2, -0.15) is 0 Å². The number of ether oxygens (including phenoxy) is 1. The van der Waals surface area contributed by atoms with Crippen LogP contribution >= 0.6 is 0 Å². The maximum Gasteiger partial charge on any atom is 0.333 e. The van der Waals surface area contributed by atoms with Crippen LogP contribution in [0.3, 0.4) is 0 Å². The fourth-order valence-electron chi connectivity index (χ4n) is 2.29. The van der Waals surface area contributed by atoms with E-state index < -0.39 is 0 Å². The Morgan fingerprint density at radius 1 is 1.56 bits per heavy atom. The van der Waals surface area contributed by atoms with Gasteiger partial charge in [0, 0.05) is 31.2 Å². The monoisotopic (exact) mass is 256 g/mol. The minimum atomic E-state index is -0.293. The third kappa shape index (κ3) is 4.40. The molecule has 1 rings (SSSR count). The van der Waals surface area contributed by atoms with Gasteiger partial charge in [0.05, 0.1) is 13.2 Å². The van der Waals surface area contributed by atoms with Crippen molar-refractivity contribution in [3.63, 3.8) is 0 Å². The van der Waals surface area contributed by atoms with Gasteiger partial charge in [-0.1, -0.05) is 6.08 Å². The van der Waals surface area contributed by atoms with Gasteiger partial charge >= 0.3 is 5.97 Å². The average molecular weight is 256 g/mol. The van der Waals surface area contributed by atoms with E-state index in [2.05, 4.69) is 14.5 Å². The van der Waals surface area contributed by atoms with Crippen molar-refractivity contribution >= 4 is 5.97 Å². The molecule has 0 radical (unpaired) electrons. The molecule has 0 amide bonds. The van der Waals surface area contributed by atoms with E-state index in [9.17, 15) is 9.90 Å². The van der Waals surface area contributed by atoms with Crippen LogP contribution in [0.15, 0.2) is 11.6 Å². The van der Waals surface area contributed by atoms with Gasteiger partial charge in [0.2, 0.25) is 0 Å². The zero-order valence-corrected chi connectivity index (χ0v) is 11.7. The zero-order chi connectivity index (χ0) is 13.7. The fraction of sp³-hybridized carbons (Fsp3) is 0.769. The van der Waals surface area contributed by atoms with Gasteiger partial charge in [-0.3, -0.25) is 4.90 Å². The Kier molecular flexibility index (Phi) is 5.78. The molecule has 0 aliphatic carbocycles. The number of β-amino-alcohol motifs (C(OH)–C–C–N with tert-alkyl or cyclic N) is 1. The number of carbonyl (C=O) groups is 1. The summed E-state index contributed by atoms with van der Waals surface area (Å²) in [6.07, 6.45) is 2.40. The highest BCUT2D eigenvalue weighted by Crippen LogP contribution is 2.18. The number of aliphatic hydroxyl groups is 1. The van der Waals surface area contributed by atoms with Crippen molar-refractivity contribution in [2.45, 2.75) is 25.5 Å². The Hall–Kier alpha value is -0.910. The smallest absolute Gasteiger partial charge is 0.333 e. The van der Waals surface area contributed by atoms with Crippen LogP contribution in [0.4, 0.5) is 0 Å². The van der Waals surface area contributed by atoms with Crippen LogP contribution in [-0.2, 0) is 9.53 Å². The molecule has 1 heterocycles. The molecule has 1 aliphatic heterocycles. The Balaban J connectivity index is 2.56. The molecule has 1 saturated heterocycles. The molecule has 104 valence electrons. The average Bonchev–Trinajstić information content (AvgIpc) is 2.64. The third-order valence-electron chi connectivity index (χ3n) is 3.22. The minimum Gasteiger partial charge on any atom is -0.466 e. The molecule has 0 spiro atoms. The zero-order valence-electron chi connectivity index (χ0n) is 11.7. The lowest BCUT2D eigenvalue weighted by Crippen LogP contribution is -2.37. The summed E-state index contributed by atoms with van der Waals surface area (Å²) >= 11 is 0. The lowest BCUT2D eigenvalue weighted by molar-refractivity contribution is -0.136. The molecule has 0 aromatic heterocycles. The molecule has 0 bridgehead atoms. The SMILES string of the molecule is COC(=O)C(C)=CCN1CC(O)CC1CN(C)C. The van der Waals surface area contributed by atoms with E-state index in [1.54, 1.807) is 6.92 Å². The number of carbonyl (C=O) groups excluding carboxylic acids is 1. The predicted molar refractivity (Wildman–Crippen MR) is 70.3 cm³/mol. The van der Waals surface area contributed by atoms with E-state index in [1.807, 2.05) is 20.2 Å². The highest BCUT2D eigenvalue weighted by molar-refractivity contribution is 5.87. The number of hydrogen-bond donors (Lipinski definition) is 1. The lowest BCUT2D eigenvalue weighted by Gasteiger charge is -2.25. The molecule has 18 heavy (non-hydrogen) atoms. The van der Waals surface area contributed by atoms with Crippen LogP contribution in [0, 0.1) is 0 Å². The van der Waals surface area contributed by atoms with Gasteiger partial charge in [-0.25, -0.2) is 4.79 Å². The standard InChI is InChI=1S/C13H24N2O3/c1-10(13(17)18-4)5-6-15-9-12(16)7-11(15)8-14(2)3/h5,11-12,16H,6-9H2,1-4H3. The Bertz CT molecular complexity index is 315. The minimum absolute atomic E-state index is 0.262. The predicted octanol–water partition coefficient (Wildman–Crippen LogP) is 0.103. The molecular formula is C13H24N2O3. The van der Waals surface area contributed by atoms with Crippen molar-refractivity contribution in [3.05, 3.63) is 11.6 Å². The third-order valence-corrected chi connectivity index (χ3v) is 3.22. The molecule has 1 N–H and O–H groups in total. The van der Waals surface area contributed by atoms with Gasteiger partial charge in [0.15, 0.2) is 0 Å². The van der Waals surface area contributed by atoms with Crippen LogP contribution in [0.2, 0.25) is 0 Å². The van der Waals surface area contributed by atoms with Crippen LogP contribution < -0.4 is 0 Å². The summed E-state index contributed by atoms with van der Waals surface area (Å²) in [5.41, 5.74) is 0.613. The molecule has 5 heteroatoms.